The van der Waals surface area contributed by atoms with Crippen LogP contribution in [0.25, 0.3) is 0 Å². The van der Waals surface area contributed by atoms with Crippen LogP contribution in [0.5, 0.6) is 5.75 Å². The molecular weight excluding hydrogens is 233 g/mol. The van der Waals surface area contributed by atoms with Crippen molar-refractivity contribution in [2.45, 2.75) is 6.92 Å². The molecule has 1 aromatic rings. The van der Waals surface area contributed by atoms with Gasteiger partial charge in [0.15, 0.2) is 0 Å². The van der Waals surface area contributed by atoms with Crippen LogP contribution in [0.2, 0.25) is 0 Å². The monoisotopic (exact) mass is 244 g/mol. The molecule has 0 amide bonds. The molecule has 1 rings (SSSR count). The Morgan fingerprint density at radius 2 is 2.25 bits per heavy atom. The normalized spacial score (nSPS) is 11.4. The van der Waals surface area contributed by atoms with Gasteiger partial charge in [-0.25, -0.2) is 4.39 Å². The summed E-state index contributed by atoms with van der Waals surface area (Å²) in [6.45, 7) is 1.90. The number of hydrogen-bond donors (Lipinski definition) is 2. The molecular formula is C10H11BClFO3. The first-order chi connectivity index (χ1) is 7.54. The van der Waals surface area contributed by atoms with Gasteiger partial charge in [-0.1, -0.05) is 17.7 Å². The van der Waals surface area contributed by atoms with Crippen molar-refractivity contribution in [2.75, 3.05) is 6.61 Å². The topological polar surface area (TPSA) is 49.7 Å². The van der Waals surface area contributed by atoms with E-state index in [1.165, 1.54) is 11.6 Å². The highest BCUT2D eigenvalue weighted by Gasteiger charge is 2.17. The van der Waals surface area contributed by atoms with E-state index in [9.17, 15) is 4.39 Å². The van der Waals surface area contributed by atoms with E-state index in [0.717, 1.165) is 17.7 Å². The summed E-state index contributed by atoms with van der Waals surface area (Å²) in [5.41, 5.74) is 2.20. The van der Waals surface area contributed by atoms with Gasteiger partial charge in [0, 0.05) is 17.1 Å². The zero-order chi connectivity index (χ0) is 12.1. The minimum atomic E-state index is -1.70. The number of halogens is 2. The van der Waals surface area contributed by atoms with Gasteiger partial charge in [0.25, 0.3) is 0 Å². The molecule has 0 heterocycles. The zero-order valence-corrected chi connectivity index (χ0v) is 9.41. The largest absolute Gasteiger partial charge is 0.492 e. The van der Waals surface area contributed by atoms with E-state index in [4.69, 9.17) is 26.4 Å². The van der Waals surface area contributed by atoms with Gasteiger partial charge in [-0.15, -0.1) is 0 Å². The summed E-state index contributed by atoms with van der Waals surface area (Å²) < 4.78 is 18.2. The van der Waals surface area contributed by atoms with E-state index in [-0.39, 0.29) is 17.8 Å². The third kappa shape index (κ3) is 3.52. The van der Waals surface area contributed by atoms with E-state index < -0.39 is 12.9 Å². The maximum Gasteiger partial charge on any atom is 0.492 e. The van der Waals surface area contributed by atoms with E-state index in [2.05, 4.69) is 0 Å². The fraction of sp³-hybridized carbons (Fsp3) is 0.200. The van der Waals surface area contributed by atoms with Crippen molar-refractivity contribution >= 4 is 24.2 Å². The van der Waals surface area contributed by atoms with E-state index in [0.29, 0.717) is 0 Å². The lowest BCUT2D eigenvalue weighted by atomic mass is 9.79. The van der Waals surface area contributed by atoms with Gasteiger partial charge in [0.05, 0.1) is 0 Å². The van der Waals surface area contributed by atoms with E-state index in [1.807, 2.05) is 0 Å². The summed E-state index contributed by atoms with van der Waals surface area (Å²) in [6.07, 6.45) is 0. The van der Waals surface area contributed by atoms with Gasteiger partial charge < -0.3 is 14.8 Å². The molecule has 16 heavy (non-hydrogen) atoms. The third-order valence-corrected chi connectivity index (χ3v) is 2.27. The summed E-state index contributed by atoms with van der Waals surface area (Å²) in [7, 11) is -1.70. The molecule has 0 bridgehead atoms. The smallest absolute Gasteiger partial charge is 0.489 e. The minimum absolute atomic E-state index is 0.0906. The highest BCUT2D eigenvalue weighted by atomic mass is 35.5. The molecule has 1 aromatic carbocycles. The average molecular weight is 244 g/mol. The summed E-state index contributed by atoms with van der Waals surface area (Å²) in [5.74, 6) is -0.417. The molecule has 0 unspecified atom stereocenters. The molecule has 0 spiro atoms. The lowest BCUT2D eigenvalue weighted by Gasteiger charge is -2.11. The van der Waals surface area contributed by atoms with Gasteiger partial charge in [-0.05, 0) is 18.6 Å². The van der Waals surface area contributed by atoms with Crippen molar-refractivity contribution in [3.63, 3.8) is 0 Å². The van der Waals surface area contributed by atoms with Gasteiger partial charge in [-0.3, -0.25) is 0 Å². The van der Waals surface area contributed by atoms with Crippen molar-refractivity contribution in [1.82, 2.24) is 0 Å². The van der Waals surface area contributed by atoms with Gasteiger partial charge in [-0.2, -0.15) is 0 Å². The van der Waals surface area contributed by atoms with Crippen LogP contribution in [0.1, 0.15) is 6.92 Å². The van der Waals surface area contributed by atoms with Crippen molar-refractivity contribution in [3.05, 3.63) is 35.1 Å². The molecule has 0 aliphatic rings. The van der Waals surface area contributed by atoms with Crippen molar-refractivity contribution in [1.29, 1.82) is 0 Å². The molecule has 0 saturated heterocycles. The van der Waals surface area contributed by atoms with Crippen molar-refractivity contribution in [2.24, 2.45) is 0 Å². The molecule has 2 N–H and O–H groups in total. The molecule has 0 aromatic heterocycles. The SMILES string of the molecule is C/C(=C/Cl)COc1cc(F)ccc1B(O)O. The Hall–Kier alpha value is -1.04. The van der Waals surface area contributed by atoms with Crippen LogP contribution >= 0.6 is 11.6 Å². The van der Waals surface area contributed by atoms with Crippen LogP contribution in [-0.2, 0) is 0 Å². The Morgan fingerprint density at radius 3 is 2.81 bits per heavy atom. The molecule has 6 heteroatoms. The first-order valence-corrected chi connectivity index (χ1v) is 5.02. The summed E-state index contributed by atoms with van der Waals surface area (Å²) in [5, 5.41) is 18.1. The molecule has 0 saturated carbocycles. The quantitative estimate of drug-likeness (QED) is 0.778. The van der Waals surface area contributed by atoms with Gasteiger partial charge in [0.2, 0.25) is 0 Å². The molecule has 0 aliphatic carbocycles. The van der Waals surface area contributed by atoms with Gasteiger partial charge >= 0.3 is 7.12 Å². The standard InChI is InChI=1S/C10H11BClFO3/c1-7(5-12)6-16-10-4-8(13)2-3-9(10)11(14)15/h2-5,14-15H,6H2,1H3/b7-5-. The van der Waals surface area contributed by atoms with Crippen LogP contribution < -0.4 is 10.2 Å². The second-order valence-electron chi connectivity index (χ2n) is 3.30. The zero-order valence-electron chi connectivity index (χ0n) is 8.65. The number of benzene rings is 1. The molecule has 0 aliphatic heterocycles. The van der Waals surface area contributed by atoms with Crippen LogP contribution in [0.4, 0.5) is 4.39 Å². The highest BCUT2D eigenvalue weighted by Crippen LogP contribution is 2.12. The Bertz CT molecular complexity index is 396. The van der Waals surface area contributed by atoms with Crippen molar-refractivity contribution in [3.8, 4) is 5.75 Å². The fourth-order valence-corrected chi connectivity index (χ4v) is 1.13. The number of rotatable bonds is 4. The lowest BCUT2D eigenvalue weighted by molar-refractivity contribution is 0.349. The Labute approximate surface area is 98.3 Å². The molecule has 86 valence electrons. The highest BCUT2D eigenvalue weighted by molar-refractivity contribution is 6.59. The van der Waals surface area contributed by atoms with Crippen LogP contribution in [0, 0.1) is 5.82 Å². The van der Waals surface area contributed by atoms with Crippen LogP contribution in [0.3, 0.4) is 0 Å². The summed E-state index contributed by atoms with van der Waals surface area (Å²) in [4.78, 5) is 0. The van der Waals surface area contributed by atoms with E-state index in [1.54, 1.807) is 6.92 Å². The first kappa shape index (κ1) is 13.0. The number of hydrogen-bond acceptors (Lipinski definition) is 3. The maximum atomic E-state index is 12.9. The Kier molecular flexibility index (Phi) is 4.80. The predicted octanol–water partition coefficient (Wildman–Crippen LogP) is 1.03. The summed E-state index contributed by atoms with van der Waals surface area (Å²) in [6, 6.07) is 3.48. The summed E-state index contributed by atoms with van der Waals surface area (Å²) >= 11 is 5.44. The molecule has 0 radical (unpaired) electrons. The fourth-order valence-electron chi connectivity index (χ4n) is 1.07. The predicted molar refractivity (Wildman–Crippen MR) is 61.3 cm³/mol. The first-order valence-electron chi connectivity index (χ1n) is 4.59. The van der Waals surface area contributed by atoms with Gasteiger partial charge in [0.1, 0.15) is 18.2 Å². The maximum absolute atomic E-state index is 12.9. The van der Waals surface area contributed by atoms with E-state index >= 15 is 0 Å². The second-order valence-corrected chi connectivity index (χ2v) is 3.52. The molecule has 0 atom stereocenters. The average Bonchev–Trinajstić information content (AvgIpc) is 2.25. The molecule has 3 nitrogen and oxygen atoms in total. The lowest BCUT2D eigenvalue weighted by Crippen LogP contribution is -2.31. The van der Waals surface area contributed by atoms with Crippen molar-refractivity contribution < 1.29 is 19.2 Å². The van der Waals surface area contributed by atoms with Crippen LogP contribution in [-0.4, -0.2) is 23.8 Å². The number of ether oxygens (including phenoxy) is 1. The Morgan fingerprint density at radius 1 is 1.56 bits per heavy atom. The van der Waals surface area contributed by atoms with Crippen LogP contribution in [0.15, 0.2) is 29.3 Å². The Balaban J connectivity index is 2.88. The molecule has 0 fully saturated rings. The minimum Gasteiger partial charge on any atom is -0.489 e. The second kappa shape index (κ2) is 5.89. The third-order valence-electron chi connectivity index (χ3n) is 1.90.